The highest BCUT2D eigenvalue weighted by molar-refractivity contribution is 7.88. The highest BCUT2D eigenvalue weighted by atomic mass is 32.2. The lowest BCUT2D eigenvalue weighted by Crippen LogP contribution is -2.52. The van der Waals surface area contributed by atoms with E-state index in [1.807, 2.05) is 0 Å². The first-order valence-electron chi connectivity index (χ1n) is 5.30. The molecule has 2 atom stereocenters. The standard InChI is InChI=1S/C8H15N5O3S/c1-10-17(15,16)12-7(9)6-3-2-5-4-13(6)8(14)11-5/h5-6,10H,2-4H2,1H3,(H2,9,12)(H,11,14). The lowest BCUT2D eigenvalue weighted by molar-refractivity contribution is 0.203. The molecule has 17 heavy (non-hydrogen) atoms. The van der Waals surface area contributed by atoms with Gasteiger partial charge in [-0.15, -0.1) is 0 Å². The van der Waals surface area contributed by atoms with Gasteiger partial charge in [-0.25, -0.2) is 9.52 Å². The Morgan fingerprint density at radius 1 is 1.53 bits per heavy atom. The van der Waals surface area contributed by atoms with Gasteiger partial charge in [0, 0.05) is 19.6 Å². The Kier molecular flexibility index (Phi) is 2.96. The molecule has 4 N–H and O–H groups in total. The molecular formula is C8H15N5O3S. The van der Waals surface area contributed by atoms with Crippen molar-refractivity contribution in [3.05, 3.63) is 0 Å². The van der Waals surface area contributed by atoms with E-state index in [1.54, 1.807) is 0 Å². The van der Waals surface area contributed by atoms with Gasteiger partial charge in [-0.1, -0.05) is 0 Å². The topological polar surface area (TPSA) is 114 Å². The molecule has 2 aliphatic heterocycles. The number of amides is 2. The monoisotopic (exact) mass is 261 g/mol. The zero-order valence-electron chi connectivity index (χ0n) is 9.36. The minimum atomic E-state index is -3.69. The Balaban J connectivity index is 2.07. The average molecular weight is 261 g/mol. The van der Waals surface area contributed by atoms with Gasteiger partial charge in [0.15, 0.2) is 0 Å². The van der Waals surface area contributed by atoms with E-state index in [2.05, 4.69) is 14.8 Å². The van der Waals surface area contributed by atoms with Crippen molar-refractivity contribution in [2.45, 2.75) is 24.9 Å². The SMILES string of the molecule is CNS(=O)(=O)NC(=N)C1CCC2CN1C(=O)N2. The van der Waals surface area contributed by atoms with Crippen molar-refractivity contribution in [1.29, 1.82) is 5.41 Å². The molecule has 0 radical (unpaired) electrons. The molecule has 0 spiro atoms. The Labute approximate surface area is 99.4 Å². The molecule has 2 rings (SSSR count). The van der Waals surface area contributed by atoms with Crippen LogP contribution in [-0.4, -0.2) is 50.9 Å². The van der Waals surface area contributed by atoms with Crippen LogP contribution in [0.4, 0.5) is 4.79 Å². The van der Waals surface area contributed by atoms with Crippen molar-refractivity contribution in [3.63, 3.8) is 0 Å². The number of urea groups is 1. The van der Waals surface area contributed by atoms with Crippen LogP contribution in [0, 0.1) is 5.41 Å². The number of hydrogen-bond acceptors (Lipinski definition) is 4. The molecule has 0 aliphatic carbocycles. The maximum Gasteiger partial charge on any atom is 0.318 e. The van der Waals surface area contributed by atoms with Crippen LogP contribution in [0.5, 0.6) is 0 Å². The number of rotatable bonds is 3. The molecule has 2 amide bonds. The fourth-order valence-corrected chi connectivity index (χ4v) is 2.66. The Bertz CT molecular complexity index is 448. The quantitative estimate of drug-likeness (QED) is 0.369. The highest BCUT2D eigenvalue weighted by Gasteiger charge is 2.40. The molecule has 0 aromatic heterocycles. The van der Waals surface area contributed by atoms with Gasteiger partial charge in [-0.2, -0.15) is 8.42 Å². The van der Waals surface area contributed by atoms with Gasteiger partial charge in [0.2, 0.25) is 0 Å². The van der Waals surface area contributed by atoms with E-state index < -0.39 is 16.3 Å². The largest absolute Gasteiger partial charge is 0.333 e. The summed E-state index contributed by atoms with van der Waals surface area (Å²) in [6.45, 7) is 0.535. The molecule has 0 aromatic rings. The molecule has 0 saturated carbocycles. The third-order valence-corrected chi connectivity index (χ3v) is 4.04. The maximum atomic E-state index is 11.5. The molecule has 2 unspecified atom stereocenters. The number of fused-ring (bicyclic) bond motifs is 2. The summed E-state index contributed by atoms with van der Waals surface area (Å²) in [6.07, 6.45) is 1.35. The first-order chi connectivity index (χ1) is 7.93. The molecule has 96 valence electrons. The molecular weight excluding hydrogens is 246 g/mol. The molecule has 9 heteroatoms. The zero-order chi connectivity index (χ0) is 12.6. The summed E-state index contributed by atoms with van der Waals surface area (Å²) in [5, 5.41) is 10.5. The van der Waals surface area contributed by atoms with Crippen molar-refractivity contribution in [1.82, 2.24) is 19.7 Å². The fraction of sp³-hybridized carbons (Fsp3) is 0.750. The predicted octanol–water partition coefficient (Wildman–Crippen LogP) is -1.43. The number of amidine groups is 1. The highest BCUT2D eigenvalue weighted by Crippen LogP contribution is 2.23. The van der Waals surface area contributed by atoms with Crippen molar-refractivity contribution in [2.75, 3.05) is 13.6 Å². The third kappa shape index (κ3) is 2.34. The van der Waals surface area contributed by atoms with Gasteiger partial charge in [-0.05, 0) is 12.8 Å². The molecule has 2 aliphatic rings. The van der Waals surface area contributed by atoms with Crippen molar-refractivity contribution in [3.8, 4) is 0 Å². The van der Waals surface area contributed by atoms with Gasteiger partial charge in [0.1, 0.15) is 5.84 Å². The molecule has 0 aromatic carbocycles. The number of carbonyl (C=O) groups excluding carboxylic acids is 1. The van der Waals surface area contributed by atoms with Crippen LogP contribution in [0.25, 0.3) is 0 Å². The second kappa shape index (κ2) is 4.15. The molecule has 2 fully saturated rings. The Morgan fingerprint density at radius 3 is 2.88 bits per heavy atom. The van der Waals surface area contributed by atoms with Crippen LogP contribution in [0.1, 0.15) is 12.8 Å². The van der Waals surface area contributed by atoms with E-state index in [4.69, 9.17) is 5.41 Å². The van der Waals surface area contributed by atoms with Crippen LogP contribution < -0.4 is 14.8 Å². The lowest BCUT2D eigenvalue weighted by Gasteiger charge is -2.30. The van der Waals surface area contributed by atoms with Crippen molar-refractivity contribution in [2.24, 2.45) is 0 Å². The van der Waals surface area contributed by atoms with Crippen LogP contribution in [0.3, 0.4) is 0 Å². The zero-order valence-corrected chi connectivity index (χ0v) is 10.2. The van der Waals surface area contributed by atoms with E-state index in [0.29, 0.717) is 13.0 Å². The van der Waals surface area contributed by atoms with Crippen molar-refractivity contribution < 1.29 is 13.2 Å². The molecule has 2 saturated heterocycles. The summed E-state index contributed by atoms with van der Waals surface area (Å²) in [5.74, 6) is -0.171. The molecule has 8 nitrogen and oxygen atoms in total. The van der Waals surface area contributed by atoms with E-state index >= 15 is 0 Å². The number of hydrogen-bond donors (Lipinski definition) is 4. The van der Waals surface area contributed by atoms with Gasteiger partial charge in [-0.3, -0.25) is 10.1 Å². The van der Waals surface area contributed by atoms with Crippen molar-refractivity contribution >= 4 is 22.1 Å². The molecule has 2 heterocycles. The molecule has 2 bridgehead atoms. The normalized spacial score (nSPS) is 27.8. The van der Waals surface area contributed by atoms with E-state index in [-0.39, 0.29) is 17.9 Å². The predicted molar refractivity (Wildman–Crippen MR) is 60.9 cm³/mol. The summed E-state index contributed by atoms with van der Waals surface area (Å²) in [5.41, 5.74) is 0. The average Bonchev–Trinajstić information content (AvgIpc) is 2.54. The number of nitrogens with one attached hydrogen (secondary N) is 4. The summed E-state index contributed by atoms with van der Waals surface area (Å²) < 4.78 is 26.7. The smallest absolute Gasteiger partial charge is 0.318 e. The maximum absolute atomic E-state index is 11.5. The fourth-order valence-electron chi connectivity index (χ4n) is 2.13. The summed E-state index contributed by atoms with van der Waals surface area (Å²) >= 11 is 0. The number of piperidine rings is 1. The number of nitrogens with zero attached hydrogens (tertiary/aromatic N) is 1. The van der Waals surface area contributed by atoms with Gasteiger partial charge < -0.3 is 10.2 Å². The second-order valence-electron chi connectivity index (χ2n) is 4.12. The van der Waals surface area contributed by atoms with E-state index in [9.17, 15) is 13.2 Å². The summed E-state index contributed by atoms with van der Waals surface area (Å²) in [6, 6.07) is -0.588. The van der Waals surface area contributed by atoms with Crippen LogP contribution in [0.15, 0.2) is 0 Å². The van der Waals surface area contributed by atoms with E-state index in [0.717, 1.165) is 6.42 Å². The van der Waals surface area contributed by atoms with Gasteiger partial charge in [0.05, 0.1) is 6.04 Å². The number of carbonyl (C=O) groups is 1. The lowest BCUT2D eigenvalue weighted by atomic mass is 10.0. The Morgan fingerprint density at radius 2 is 2.24 bits per heavy atom. The summed E-state index contributed by atoms with van der Waals surface area (Å²) in [7, 11) is -2.43. The second-order valence-corrected chi connectivity index (χ2v) is 5.73. The van der Waals surface area contributed by atoms with Crippen LogP contribution in [0.2, 0.25) is 0 Å². The summed E-state index contributed by atoms with van der Waals surface area (Å²) in [4.78, 5) is 13.0. The van der Waals surface area contributed by atoms with E-state index in [1.165, 1.54) is 11.9 Å². The Hall–Kier alpha value is -1.35. The minimum Gasteiger partial charge on any atom is -0.333 e. The minimum absolute atomic E-state index is 0.132. The van der Waals surface area contributed by atoms with Gasteiger partial charge >= 0.3 is 6.03 Å². The van der Waals surface area contributed by atoms with Gasteiger partial charge in [0.25, 0.3) is 10.2 Å². The van der Waals surface area contributed by atoms with Crippen LogP contribution >= 0.6 is 0 Å². The van der Waals surface area contributed by atoms with Crippen LogP contribution in [-0.2, 0) is 10.2 Å². The first kappa shape index (κ1) is 12.1. The first-order valence-corrected chi connectivity index (χ1v) is 6.78. The third-order valence-electron chi connectivity index (χ3n) is 3.02.